The van der Waals surface area contributed by atoms with Gasteiger partial charge in [0.05, 0.1) is 17.4 Å². The molecule has 0 bridgehead atoms. The van der Waals surface area contributed by atoms with Crippen molar-refractivity contribution in [2.45, 2.75) is 6.92 Å². The molecule has 0 aliphatic carbocycles. The Morgan fingerprint density at radius 3 is 2.31 bits per heavy atom. The number of halogens is 1. The van der Waals surface area contributed by atoms with E-state index in [0.29, 0.717) is 5.56 Å². The lowest BCUT2D eigenvalue weighted by molar-refractivity contribution is 0.102. The molecule has 0 spiro atoms. The van der Waals surface area contributed by atoms with Gasteiger partial charge in [-0.05, 0) is 55.0 Å². The molecule has 0 atom stereocenters. The van der Waals surface area contributed by atoms with Crippen molar-refractivity contribution in [1.82, 2.24) is 4.98 Å². The van der Waals surface area contributed by atoms with Gasteiger partial charge in [-0.25, -0.2) is 4.39 Å². The van der Waals surface area contributed by atoms with Crippen LogP contribution in [-0.4, -0.2) is 37.1 Å². The number of amides is 1. The number of rotatable bonds is 4. The van der Waals surface area contributed by atoms with Crippen molar-refractivity contribution >= 4 is 23.0 Å². The van der Waals surface area contributed by atoms with Gasteiger partial charge in [-0.2, -0.15) is 0 Å². The summed E-state index contributed by atoms with van der Waals surface area (Å²) in [4.78, 5) is 21.3. The van der Waals surface area contributed by atoms with Crippen molar-refractivity contribution in [1.29, 1.82) is 0 Å². The number of hydrogen-bond acceptors (Lipinski definition) is 4. The number of piperazine rings is 1. The Balaban J connectivity index is 1.41. The van der Waals surface area contributed by atoms with Crippen molar-refractivity contribution in [3.63, 3.8) is 0 Å². The molecule has 148 valence electrons. The Morgan fingerprint density at radius 2 is 1.62 bits per heavy atom. The predicted molar refractivity (Wildman–Crippen MR) is 114 cm³/mol. The molecule has 1 fully saturated rings. The fourth-order valence-electron chi connectivity index (χ4n) is 3.53. The van der Waals surface area contributed by atoms with Crippen LogP contribution in [0.3, 0.4) is 0 Å². The van der Waals surface area contributed by atoms with Crippen molar-refractivity contribution in [3.8, 4) is 0 Å². The lowest BCUT2D eigenvalue weighted by atomic mass is 10.2. The molecule has 0 unspecified atom stereocenters. The summed E-state index contributed by atoms with van der Waals surface area (Å²) in [5, 5.41) is 2.93. The molecule has 0 radical (unpaired) electrons. The van der Waals surface area contributed by atoms with Crippen LogP contribution in [0.2, 0.25) is 0 Å². The first-order chi connectivity index (χ1) is 14.1. The van der Waals surface area contributed by atoms with Crippen LogP contribution in [0.4, 0.5) is 21.5 Å². The number of nitrogens with one attached hydrogen (secondary N) is 1. The second-order valence-corrected chi connectivity index (χ2v) is 7.21. The van der Waals surface area contributed by atoms with Gasteiger partial charge in [-0.15, -0.1) is 0 Å². The standard InChI is InChI=1S/C23H23FN4O/c1-17-3-2-4-20(13-17)26-23(29)18-14-22(16-25-15-18)28-11-9-27(10-12-28)21-7-5-19(24)6-8-21/h2-8,13-16H,9-12H2,1H3,(H,26,29). The highest BCUT2D eigenvalue weighted by Gasteiger charge is 2.19. The molecule has 1 aliphatic rings. The third-order valence-corrected chi connectivity index (χ3v) is 5.10. The summed E-state index contributed by atoms with van der Waals surface area (Å²) in [5.41, 5.74) is 4.35. The molecule has 4 rings (SSSR count). The summed E-state index contributed by atoms with van der Waals surface area (Å²) in [7, 11) is 0. The Hall–Kier alpha value is -3.41. The monoisotopic (exact) mass is 390 g/mol. The first-order valence-electron chi connectivity index (χ1n) is 9.67. The van der Waals surface area contributed by atoms with E-state index in [1.165, 1.54) is 12.1 Å². The highest BCUT2D eigenvalue weighted by atomic mass is 19.1. The fraction of sp³-hybridized carbons (Fsp3) is 0.217. The number of benzene rings is 2. The number of hydrogen-bond donors (Lipinski definition) is 1. The van der Waals surface area contributed by atoms with E-state index in [4.69, 9.17) is 0 Å². The number of carbonyl (C=O) groups excluding carboxylic acids is 1. The average molecular weight is 390 g/mol. The summed E-state index contributed by atoms with van der Waals surface area (Å²) < 4.78 is 13.1. The Bertz CT molecular complexity index is 998. The average Bonchev–Trinajstić information content (AvgIpc) is 2.74. The lowest BCUT2D eigenvalue weighted by Crippen LogP contribution is -2.46. The molecule has 2 aromatic carbocycles. The molecule has 1 saturated heterocycles. The molecule has 6 heteroatoms. The van der Waals surface area contributed by atoms with E-state index < -0.39 is 0 Å². The van der Waals surface area contributed by atoms with Crippen LogP contribution < -0.4 is 15.1 Å². The maximum atomic E-state index is 13.1. The lowest BCUT2D eigenvalue weighted by Gasteiger charge is -2.37. The van der Waals surface area contributed by atoms with E-state index in [1.807, 2.05) is 49.4 Å². The van der Waals surface area contributed by atoms with Crippen molar-refractivity contribution in [2.24, 2.45) is 0 Å². The molecule has 1 aromatic heterocycles. The molecule has 1 aliphatic heterocycles. The summed E-state index contributed by atoms with van der Waals surface area (Å²) in [5.74, 6) is -0.394. The number of carbonyl (C=O) groups is 1. The highest BCUT2D eigenvalue weighted by molar-refractivity contribution is 6.04. The maximum Gasteiger partial charge on any atom is 0.257 e. The van der Waals surface area contributed by atoms with Gasteiger partial charge in [0.2, 0.25) is 0 Å². The molecular formula is C23H23FN4O. The Morgan fingerprint density at radius 1 is 0.931 bits per heavy atom. The Labute approximate surface area is 169 Å². The molecule has 1 N–H and O–H groups in total. The highest BCUT2D eigenvalue weighted by Crippen LogP contribution is 2.21. The second-order valence-electron chi connectivity index (χ2n) is 7.21. The largest absolute Gasteiger partial charge is 0.368 e. The minimum atomic E-state index is -0.223. The third kappa shape index (κ3) is 4.54. The molecular weight excluding hydrogens is 367 g/mol. The first-order valence-corrected chi connectivity index (χ1v) is 9.67. The predicted octanol–water partition coefficient (Wildman–Crippen LogP) is 4.11. The van der Waals surface area contributed by atoms with Crippen molar-refractivity contribution in [3.05, 3.63) is 83.9 Å². The second kappa shape index (κ2) is 8.31. The van der Waals surface area contributed by atoms with Gasteiger partial charge in [0.15, 0.2) is 0 Å². The van der Waals surface area contributed by atoms with Crippen molar-refractivity contribution < 1.29 is 9.18 Å². The van der Waals surface area contributed by atoms with Crippen LogP contribution in [0.25, 0.3) is 0 Å². The normalized spacial score (nSPS) is 14.0. The van der Waals surface area contributed by atoms with Gasteiger partial charge >= 0.3 is 0 Å². The number of anilines is 3. The van der Waals surface area contributed by atoms with Crippen LogP contribution in [-0.2, 0) is 0 Å². The zero-order chi connectivity index (χ0) is 20.2. The van der Waals surface area contributed by atoms with E-state index in [9.17, 15) is 9.18 Å². The summed E-state index contributed by atoms with van der Waals surface area (Å²) in [6.45, 7) is 5.25. The van der Waals surface area contributed by atoms with Gasteiger partial charge in [0, 0.05) is 43.8 Å². The number of aryl methyl sites for hydroxylation is 1. The van der Waals surface area contributed by atoms with Gasteiger partial charge in [0.1, 0.15) is 5.82 Å². The zero-order valence-corrected chi connectivity index (χ0v) is 16.3. The van der Waals surface area contributed by atoms with Crippen LogP contribution in [0.15, 0.2) is 67.0 Å². The summed E-state index contributed by atoms with van der Waals surface area (Å²) in [6, 6.07) is 16.2. The van der Waals surface area contributed by atoms with Gasteiger partial charge in [-0.3, -0.25) is 9.78 Å². The topological polar surface area (TPSA) is 48.5 Å². The molecule has 2 heterocycles. The number of nitrogens with zero attached hydrogens (tertiary/aromatic N) is 3. The SMILES string of the molecule is Cc1cccc(NC(=O)c2cncc(N3CCN(c4ccc(F)cc4)CC3)c2)c1. The van der Waals surface area contributed by atoms with Crippen LogP contribution in [0.1, 0.15) is 15.9 Å². The third-order valence-electron chi connectivity index (χ3n) is 5.10. The van der Waals surface area contributed by atoms with Gasteiger partial charge < -0.3 is 15.1 Å². The smallest absolute Gasteiger partial charge is 0.257 e. The van der Waals surface area contributed by atoms with Crippen LogP contribution in [0, 0.1) is 12.7 Å². The van der Waals surface area contributed by atoms with E-state index in [-0.39, 0.29) is 11.7 Å². The molecule has 5 nitrogen and oxygen atoms in total. The van der Waals surface area contributed by atoms with Crippen molar-refractivity contribution in [2.75, 3.05) is 41.3 Å². The minimum absolute atomic E-state index is 0.171. The van der Waals surface area contributed by atoms with Crippen LogP contribution in [0.5, 0.6) is 0 Å². The van der Waals surface area contributed by atoms with Gasteiger partial charge in [-0.1, -0.05) is 12.1 Å². The van der Waals surface area contributed by atoms with E-state index >= 15 is 0 Å². The molecule has 1 amide bonds. The number of pyridine rings is 1. The molecule has 29 heavy (non-hydrogen) atoms. The van der Waals surface area contributed by atoms with Gasteiger partial charge in [0.25, 0.3) is 5.91 Å². The molecule has 0 saturated carbocycles. The fourth-order valence-corrected chi connectivity index (χ4v) is 3.53. The van der Waals surface area contributed by atoms with Crippen LogP contribution >= 0.6 is 0 Å². The minimum Gasteiger partial charge on any atom is -0.368 e. The molecule has 3 aromatic rings. The van der Waals surface area contributed by atoms with E-state index in [1.54, 1.807) is 12.4 Å². The quantitative estimate of drug-likeness (QED) is 0.728. The zero-order valence-electron chi connectivity index (χ0n) is 16.3. The number of aromatic nitrogens is 1. The first kappa shape index (κ1) is 18.9. The van der Waals surface area contributed by atoms with E-state index in [2.05, 4.69) is 20.1 Å². The summed E-state index contributed by atoms with van der Waals surface area (Å²) in [6.07, 6.45) is 3.38. The van der Waals surface area contributed by atoms with E-state index in [0.717, 1.165) is 48.8 Å². The Kier molecular flexibility index (Phi) is 5.42. The maximum absolute atomic E-state index is 13.1. The summed E-state index contributed by atoms with van der Waals surface area (Å²) >= 11 is 0.